The zero-order valence-corrected chi connectivity index (χ0v) is 32.7. The van der Waals surface area contributed by atoms with Gasteiger partial charge in [0.2, 0.25) is 5.56 Å². The van der Waals surface area contributed by atoms with Crippen molar-refractivity contribution in [2.75, 3.05) is 28.4 Å². The monoisotopic (exact) mass is 844 g/mol. The lowest BCUT2D eigenvalue weighted by Gasteiger charge is -2.07. The van der Waals surface area contributed by atoms with E-state index in [1.165, 1.54) is 97.3 Å². The Kier molecular flexibility index (Phi) is 17.4. The second-order valence-electron chi connectivity index (χ2n) is 10.6. The van der Waals surface area contributed by atoms with Crippen LogP contribution in [0.15, 0.2) is 108 Å². The lowest BCUT2D eigenvalue weighted by atomic mass is 10.1. The predicted octanol–water partition coefficient (Wildman–Crippen LogP) is 3.42. The summed E-state index contributed by atoms with van der Waals surface area (Å²) in [5, 5.41) is 0.338. The highest BCUT2D eigenvalue weighted by Gasteiger charge is 2.13. The number of hydrogen-bond donors (Lipinski definition) is 0. The molecule has 0 aliphatic heterocycles. The number of hydrogen-bond acceptors (Lipinski definition) is 14. The average Bonchev–Trinajstić information content (AvgIpc) is 3.18. The molecule has 5 rings (SSSR count). The molecule has 0 aliphatic rings. The molecule has 5 aromatic heterocycles. The van der Waals surface area contributed by atoms with Crippen molar-refractivity contribution in [2.45, 2.75) is 0 Å². The highest BCUT2D eigenvalue weighted by molar-refractivity contribution is 9.10. The van der Waals surface area contributed by atoms with Crippen molar-refractivity contribution in [3.8, 4) is 11.1 Å². The summed E-state index contributed by atoms with van der Waals surface area (Å²) < 4.78 is 26.8. The first-order chi connectivity index (χ1) is 26.0. The number of rotatable bonds is 5. The largest absolute Gasteiger partial charge is 0.465 e. The van der Waals surface area contributed by atoms with Gasteiger partial charge in [-0.05, 0) is 52.3 Å². The summed E-state index contributed by atoms with van der Waals surface area (Å²) >= 11 is 8.76. The van der Waals surface area contributed by atoms with Gasteiger partial charge in [-0.2, -0.15) is 0 Å². The number of methoxy groups -OCH3 is 4. The van der Waals surface area contributed by atoms with Gasteiger partial charge in [-0.15, -0.1) is 0 Å². The van der Waals surface area contributed by atoms with E-state index in [1.807, 2.05) is 0 Å². The molecule has 19 heteroatoms. The second-order valence-corrected chi connectivity index (χ2v) is 11.8. The molecular formula is C36H34BrClN4O13. The van der Waals surface area contributed by atoms with Crippen LogP contribution in [0.1, 0.15) is 41.4 Å². The van der Waals surface area contributed by atoms with Gasteiger partial charge in [-0.1, -0.05) is 11.6 Å². The zero-order valence-electron chi connectivity index (χ0n) is 30.4. The van der Waals surface area contributed by atoms with E-state index in [1.54, 1.807) is 33.3 Å². The molecule has 0 bridgehead atoms. The number of aryl methyl sites for hydroxylation is 3. The Balaban J connectivity index is 0.000000260. The maximum absolute atomic E-state index is 12.1. The van der Waals surface area contributed by atoms with E-state index in [4.69, 9.17) is 11.6 Å². The normalized spacial score (nSPS) is 9.76. The predicted molar refractivity (Wildman–Crippen MR) is 201 cm³/mol. The minimum atomic E-state index is -0.520. The van der Waals surface area contributed by atoms with Gasteiger partial charge in [0, 0.05) is 69.2 Å². The molecule has 55 heavy (non-hydrogen) atoms. The fourth-order valence-electron chi connectivity index (χ4n) is 4.01. The van der Waals surface area contributed by atoms with Crippen LogP contribution >= 0.6 is 27.5 Å². The Morgan fingerprint density at radius 1 is 0.636 bits per heavy atom. The van der Waals surface area contributed by atoms with Crippen LogP contribution in [-0.4, -0.2) is 71.0 Å². The van der Waals surface area contributed by atoms with Gasteiger partial charge in [-0.25, -0.2) is 29.0 Å². The van der Waals surface area contributed by atoms with Gasteiger partial charge in [0.25, 0.3) is 11.1 Å². The first kappa shape index (κ1) is 44.8. The van der Waals surface area contributed by atoms with Crippen LogP contribution in [0.4, 0.5) is 0 Å². The van der Waals surface area contributed by atoms with Crippen molar-refractivity contribution >= 4 is 51.4 Å². The number of pyridine rings is 4. The third-order valence-corrected chi connectivity index (χ3v) is 7.62. The van der Waals surface area contributed by atoms with E-state index in [2.05, 4.69) is 44.3 Å². The second kappa shape index (κ2) is 21.3. The van der Waals surface area contributed by atoms with Gasteiger partial charge >= 0.3 is 29.5 Å². The van der Waals surface area contributed by atoms with Crippen LogP contribution in [-0.2, 0) is 40.1 Å². The van der Waals surface area contributed by atoms with Gasteiger partial charge in [-0.3, -0.25) is 14.4 Å². The topological polar surface area (TPSA) is 214 Å². The van der Waals surface area contributed by atoms with E-state index in [0.29, 0.717) is 37.4 Å². The van der Waals surface area contributed by atoms with Crippen molar-refractivity contribution in [3.63, 3.8) is 0 Å². The van der Waals surface area contributed by atoms with Crippen LogP contribution in [0, 0.1) is 0 Å². The summed E-state index contributed by atoms with van der Waals surface area (Å²) in [7, 11) is 9.86. The Morgan fingerprint density at radius 2 is 1.13 bits per heavy atom. The molecule has 0 saturated heterocycles. The Morgan fingerprint density at radius 3 is 1.60 bits per heavy atom. The molecule has 0 saturated carbocycles. The standard InChI is InChI=1S/C13H11ClN2O3.C8H8BrNO3.C8H9NO3.C7H6O4/c1-16-7-9(13(18)19-2)5-10(12(16)17)8-3-4-11(14)15-6-8;1-10-4-5(8(12)13-2)3-6(9)7(10)11;1-9-5-6(8(11)12-2)3-4-7(9)10;1-10-7(9)5-2-3-6(8)11-4-5/h3-7H,1-2H3;3-4H,1-2H3;3-5H,1-2H3;2-4H,1H3. The number of carbonyl (C=O) groups is 4. The zero-order chi connectivity index (χ0) is 41.4. The molecule has 0 aromatic carbocycles. The molecule has 0 N–H and O–H groups in total. The Labute approximate surface area is 325 Å². The third-order valence-electron chi connectivity index (χ3n) is 6.83. The molecule has 17 nitrogen and oxygen atoms in total. The maximum Gasteiger partial charge on any atom is 0.341 e. The van der Waals surface area contributed by atoms with Gasteiger partial charge in [0.1, 0.15) is 11.4 Å². The molecule has 0 spiro atoms. The number of ether oxygens (including phenoxy) is 4. The lowest BCUT2D eigenvalue weighted by molar-refractivity contribution is 0.0589. The minimum absolute atomic E-state index is 0.150. The summed E-state index contributed by atoms with van der Waals surface area (Å²) in [5.74, 6) is -1.92. The van der Waals surface area contributed by atoms with Crippen molar-refractivity contribution in [1.82, 2.24) is 18.7 Å². The molecule has 0 atom stereocenters. The molecular weight excluding hydrogens is 812 g/mol. The van der Waals surface area contributed by atoms with Crippen LogP contribution in [0.2, 0.25) is 5.15 Å². The average molecular weight is 846 g/mol. The molecule has 5 aromatic rings. The fraction of sp³-hybridized carbons (Fsp3) is 0.194. The number of aromatic nitrogens is 4. The van der Waals surface area contributed by atoms with E-state index in [-0.39, 0.29) is 22.2 Å². The number of esters is 4. The van der Waals surface area contributed by atoms with Gasteiger partial charge in [0.05, 0.1) is 55.2 Å². The molecule has 0 radical (unpaired) electrons. The number of carbonyl (C=O) groups excluding carboxylic acids is 4. The highest BCUT2D eigenvalue weighted by atomic mass is 79.9. The summed E-state index contributed by atoms with van der Waals surface area (Å²) in [5.41, 5.74) is 1.16. The summed E-state index contributed by atoms with van der Waals surface area (Å²) in [6.45, 7) is 0. The van der Waals surface area contributed by atoms with Crippen molar-refractivity contribution < 1.29 is 42.5 Å². The Hall–Kier alpha value is -6.40. The number of nitrogens with zero attached hydrogens (tertiary/aromatic N) is 4. The smallest absolute Gasteiger partial charge is 0.341 e. The van der Waals surface area contributed by atoms with E-state index < -0.39 is 29.5 Å². The van der Waals surface area contributed by atoms with E-state index >= 15 is 0 Å². The molecule has 0 fully saturated rings. The van der Waals surface area contributed by atoms with Gasteiger partial charge < -0.3 is 37.1 Å². The van der Waals surface area contributed by atoms with Gasteiger partial charge in [0.15, 0.2) is 0 Å². The van der Waals surface area contributed by atoms with Crippen molar-refractivity contribution in [2.24, 2.45) is 21.1 Å². The summed E-state index contributed by atoms with van der Waals surface area (Å²) in [4.78, 5) is 92.8. The Bertz CT molecular complexity index is 2360. The molecule has 5 heterocycles. The van der Waals surface area contributed by atoms with Crippen LogP contribution in [0.3, 0.4) is 0 Å². The first-order valence-electron chi connectivity index (χ1n) is 15.2. The third kappa shape index (κ3) is 13.2. The summed E-state index contributed by atoms with van der Waals surface area (Å²) in [6.07, 6.45) is 6.85. The molecule has 0 aliphatic carbocycles. The molecule has 0 amide bonds. The van der Waals surface area contributed by atoms with Crippen LogP contribution in [0.5, 0.6) is 0 Å². The van der Waals surface area contributed by atoms with Crippen LogP contribution in [0.25, 0.3) is 11.1 Å². The maximum atomic E-state index is 12.1. The number of halogens is 2. The SMILES string of the molecule is COC(=O)c1cc(-c2ccc(Cl)nc2)c(=O)n(C)c1.COC(=O)c1cc(Br)c(=O)n(C)c1.COC(=O)c1ccc(=O)n(C)c1.COC(=O)c1ccc(=O)oc1. The molecule has 0 unspecified atom stereocenters. The summed E-state index contributed by atoms with van der Waals surface area (Å²) in [6, 6.07) is 11.5. The fourth-order valence-corrected chi connectivity index (χ4v) is 4.65. The van der Waals surface area contributed by atoms with E-state index in [0.717, 1.165) is 12.3 Å². The molecule has 290 valence electrons. The quantitative estimate of drug-likeness (QED) is 0.141. The lowest BCUT2D eigenvalue weighted by Crippen LogP contribution is -2.20. The van der Waals surface area contributed by atoms with Crippen LogP contribution < -0.4 is 22.3 Å². The first-order valence-corrected chi connectivity index (χ1v) is 16.4. The minimum Gasteiger partial charge on any atom is -0.465 e. The van der Waals surface area contributed by atoms with E-state index in [9.17, 15) is 38.4 Å². The van der Waals surface area contributed by atoms with Crippen molar-refractivity contribution in [3.05, 3.63) is 153 Å². The highest BCUT2D eigenvalue weighted by Crippen LogP contribution is 2.18. The van der Waals surface area contributed by atoms with Crippen molar-refractivity contribution in [1.29, 1.82) is 0 Å².